The van der Waals surface area contributed by atoms with E-state index in [0.29, 0.717) is 22.6 Å². The Bertz CT molecular complexity index is 1220. The molecule has 2 aromatic carbocycles. The quantitative estimate of drug-likeness (QED) is 0.544. The summed E-state index contributed by atoms with van der Waals surface area (Å²) in [5, 5.41) is 12.8. The van der Waals surface area contributed by atoms with Crippen LogP contribution in [0.3, 0.4) is 0 Å². The molecule has 152 valence electrons. The molecule has 0 radical (unpaired) electrons. The number of hydrogen-bond acceptors (Lipinski definition) is 7. The second-order valence-electron chi connectivity index (χ2n) is 6.35. The molecular weight excluding hydrogens is 474 g/mol. The van der Waals surface area contributed by atoms with Crippen molar-refractivity contribution in [2.75, 3.05) is 7.11 Å². The van der Waals surface area contributed by atoms with Gasteiger partial charge < -0.3 is 24.3 Å². The van der Waals surface area contributed by atoms with Crippen molar-refractivity contribution in [1.82, 2.24) is 5.32 Å². The van der Waals surface area contributed by atoms with Crippen LogP contribution in [0.4, 0.5) is 0 Å². The van der Waals surface area contributed by atoms with Crippen molar-refractivity contribution in [1.29, 1.82) is 0 Å². The number of methoxy groups -OCH3 is 1. The standard InChI is InChI=1S/C21H14BrNO6S/c1-27-12-5-2-10(3-6-12)19(30)23-18(24)15-9-14-17(29-21(15)26)13-8-11(22)4-7-16(13)28-20(14)25/h2-9,20,25H,1H3,(H,23,24,30). The highest BCUT2D eigenvalue weighted by Gasteiger charge is 2.30. The Hall–Kier alpha value is -3.01. The number of amides is 1. The second-order valence-corrected chi connectivity index (χ2v) is 7.68. The Morgan fingerprint density at radius 2 is 1.93 bits per heavy atom. The van der Waals surface area contributed by atoms with E-state index in [4.69, 9.17) is 26.1 Å². The molecular formula is C21H14BrNO6S. The molecule has 0 aliphatic carbocycles. The molecule has 1 unspecified atom stereocenters. The third kappa shape index (κ3) is 3.74. The van der Waals surface area contributed by atoms with Gasteiger partial charge in [0, 0.05) is 10.0 Å². The van der Waals surface area contributed by atoms with Gasteiger partial charge in [-0.15, -0.1) is 0 Å². The van der Waals surface area contributed by atoms with Gasteiger partial charge in [-0.05, 0) is 48.5 Å². The molecule has 1 atom stereocenters. The summed E-state index contributed by atoms with van der Waals surface area (Å²) in [5.41, 5.74) is 0.0707. The lowest BCUT2D eigenvalue weighted by Gasteiger charge is -2.24. The first-order valence-electron chi connectivity index (χ1n) is 8.70. The van der Waals surface area contributed by atoms with E-state index in [1.165, 1.54) is 6.07 Å². The fraction of sp³-hybridized carbons (Fsp3) is 0.0952. The van der Waals surface area contributed by atoms with Crippen LogP contribution in [0.15, 0.2) is 62.2 Å². The lowest BCUT2D eigenvalue weighted by atomic mass is 10.0. The Labute approximate surface area is 184 Å². The highest BCUT2D eigenvalue weighted by atomic mass is 79.9. The Balaban J connectivity index is 1.65. The normalized spacial score (nSPS) is 14.2. The van der Waals surface area contributed by atoms with Crippen LogP contribution in [-0.2, 0) is 0 Å². The molecule has 0 fully saturated rings. The van der Waals surface area contributed by atoms with E-state index in [9.17, 15) is 14.7 Å². The Morgan fingerprint density at radius 1 is 1.20 bits per heavy atom. The lowest BCUT2D eigenvalue weighted by molar-refractivity contribution is -0.0232. The third-order valence-electron chi connectivity index (χ3n) is 4.49. The summed E-state index contributed by atoms with van der Waals surface area (Å²) in [5.74, 6) is 0.396. The van der Waals surface area contributed by atoms with Crippen LogP contribution in [0.1, 0.15) is 27.8 Å². The molecule has 1 aromatic heterocycles. The van der Waals surface area contributed by atoms with Crippen LogP contribution in [0.2, 0.25) is 0 Å². The molecule has 0 bridgehead atoms. The summed E-state index contributed by atoms with van der Waals surface area (Å²) in [4.78, 5) is 25.3. The monoisotopic (exact) mass is 487 g/mol. The lowest BCUT2D eigenvalue weighted by Crippen LogP contribution is -2.33. The van der Waals surface area contributed by atoms with Gasteiger partial charge in [0.25, 0.3) is 5.91 Å². The van der Waals surface area contributed by atoms with Crippen LogP contribution in [0, 0.1) is 0 Å². The maximum atomic E-state index is 12.7. The van der Waals surface area contributed by atoms with Crippen molar-refractivity contribution < 1.29 is 23.8 Å². The van der Waals surface area contributed by atoms with Crippen LogP contribution in [0.25, 0.3) is 11.3 Å². The van der Waals surface area contributed by atoms with Gasteiger partial charge in [0.2, 0.25) is 6.29 Å². The van der Waals surface area contributed by atoms with E-state index in [-0.39, 0.29) is 21.9 Å². The number of carbonyl (C=O) groups excluding carboxylic acids is 1. The molecule has 7 nitrogen and oxygen atoms in total. The van der Waals surface area contributed by atoms with E-state index >= 15 is 0 Å². The van der Waals surface area contributed by atoms with Gasteiger partial charge in [0.05, 0.1) is 18.2 Å². The number of aliphatic hydroxyl groups excluding tert-OH is 1. The first kappa shape index (κ1) is 20.3. The van der Waals surface area contributed by atoms with Crippen molar-refractivity contribution in [2.24, 2.45) is 0 Å². The highest BCUT2D eigenvalue weighted by Crippen LogP contribution is 2.42. The Morgan fingerprint density at radius 3 is 2.63 bits per heavy atom. The van der Waals surface area contributed by atoms with E-state index in [1.54, 1.807) is 49.6 Å². The number of benzene rings is 2. The number of halogens is 1. The molecule has 4 rings (SSSR count). The molecule has 30 heavy (non-hydrogen) atoms. The van der Waals surface area contributed by atoms with Gasteiger partial charge >= 0.3 is 5.63 Å². The van der Waals surface area contributed by atoms with Crippen molar-refractivity contribution in [2.45, 2.75) is 6.29 Å². The predicted molar refractivity (Wildman–Crippen MR) is 116 cm³/mol. The number of hydrogen-bond donors (Lipinski definition) is 2. The minimum atomic E-state index is -1.39. The Kier molecular flexibility index (Phi) is 5.42. The SMILES string of the molecule is COc1ccc(C(=S)NC(=O)c2cc3c(oc2=O)-c2cc(Br)ccc2OC3O)cc1. The number of fused-ring (bicyclic) bond motifs is 3. The van der Waals surface area contributed by atoms with Gasteiger partial charge in [-0.3, -0.25) is 4.79 Å². The zero-order valence-corrected chi connectivity index (χ0v) is 17.9. The largest absolute Gasteiger partial charge is 0.497 e. The van der Waals surface area contributed by atoms with E-state index < -0.39 is 17.8 Å². The van der Waals surface area contributed by atoms with Gasteiger partial charge in [0.15, 0.2) is 5.76 Å². The topological polar surface area (TPSA) is 98.0 Å². The van der Waals surface area contributed by atoms with Crippen LogP contribution < -0.4 is 20.4 Å². The molecule has 0 saturated heterocycles. The van der Waals surface area contributed by atoms with E-state index in [1.807, 2.05) is 0 Å². The molecule has 3 aromatic rings. The van der Waals surface area contributed by atoms with Crippen LogP contribution in [-0.4, -0.2) is 23.1 Å². The molecule has 2 N–H and O–H groups in total. The summed E-state index contributed by atoms with van der Waals surface area (Å²) in [6.07, 6.45) is -1.39. The van der Waals surface area contributed by atoms with Crippen molar-refractivity contribution in [3.05, 3.63) is 80.1 Å². The zero-order valence-electron chi connectivity index (χ0n) is 15.5. The minimum Gasteiger partial charge on any atom is -0.497 e. The smallest absolute Gasteiger partial charge is 0.349 e. The fourth-order valence-electron chi connectivity index (χ4n) is 2.99. The van der Waals surface area contributed by atoms with Crippen molar-refractivity contribution >= 4 is 39.0 Å². The number of nitrogens with one attached hydrogen (secondary N) is 1. The van der Waals surface area contributed by atoms with Crippen molar-refractivity contribution in [3.8, 4) is 22.8 Å². The summed E-state index contributed by atoms with van der Waals surface area (Å²) in [6.45, 7) is 0. The van der Waals surface area contributed by atoms with Crippen LogP contribution >= 0.6 is 28.1 Å². The van der Waals surface area contributed by atoms with Crippen molar-refractivity contribution in [3.63, 3.8) is 0 Å². The minimum absolute atomic E-state index is 0.130. The number of ether oxygens (including phenoxy) is 2. The maximum absolute atomic E-state index is 12.7. The van der Waals surface area contributed by atoms with Gasteiger partial charge in [-0.2, -0.15) is 0 Å². The van der Waals surface area contributed by atoms with Gasteiger partial charge in [0.1, 0.15) is 22.1 Å². The number of thiocarbonyl (C=S) groups is 1. The number of rotatable bonds is 3. The summed E-state index contributed by atoms with van der Waals surface area (Å²) >= 11 is 8.59. The molecule has 0 spiro atoms. The summed E-state index contributed by atoms with van der Waals surface area (Å²) < 4.78 is 16.7. The molecule has 2 heterocycles. The number of carbonyl (C=O) groups is 1. The van der Waals surface area contributed by atoms with E-state index in [2.05, 4.69) is 21.2 Å². The van der Waals surface area contributed by atoms with E-state index in [0.717, 1.165) is 4.47 Å². The van der Waals surface area contributed by atoms with Gasteiger partial charge in [-0.1, -0.05) is 28.1 Å². The molecule has 0 saturated carbocycles. The zero-order chi connectivity index (χ0) is 21.4. The second kappa shape index (κ2) is 8.02. The molecule has 1 aliphatic rings. The fourth-order valence-corrected chi connectivity index (χ4v) is 3.58. The first-order valence-corrected chi connectivity index (χ1v) is 9.90. The third-order valence-corrected chi connectivity index (χ3v) is 5.32. The first-order chi connectivity index (χ1) is 14.4. The average Bonchev–Trinajstić information content (AvgIpc) is 2.74. The molecule has 1 amide bonds. The molecule has 1 aliphatic heterocycles. The van der Waals surface area contributed by atoms with Gasteiger partial charge in [-0.25, -0.2) is 4.79 Å². The summed E-state index contributed by atoms with van der Waals surface area (Å²) in [7, 11) is 1.54. The summed E-state index contributed by atoms with van der Waals surface area (Å²) in [6, 6.07) is 13.1. The van der Waals surface area contributed by atoms with Crippen LogP contribution in [0.5, 0.6) is 11.5 Å². The molecule has 9 heteroatoms. The average molecular weight is 488 g/mol. The maximum Gasteiger partial charge on any atom is 0.349 e. The predicted octanol–water partition coefficient (Wildman–Crippen LogP) is 3.57. The highest BCUT2D eigenvalue weighted by molar-refractivity contribution is 9.10. The number of aliphatic hydroxyl groups is 1.